The second-order valence-electron chi connectivity index (χ2n) is 6.00. The molecular weight excluding hydrogens is 304 g/mol. The summed E-state index contributed by atoms with van der Waals surface area (Å²) in [4.78, 5) is 24.0. The molecule has 134 valence electrons. The minimum atomic E-state index is -0.700. The maximum atomic E-state index is 11.8. The smallest absolute Gasteiger partial charge is 0.410 e. The SMILES string of the molecule is CCCCCCCCCc1ccc(OC(=O)N(C)C(=O)NC)cc1. The van der Waals surface area contributed by atoms with E-state index in [4.69, 9.17) is 4.74 Å². The minimum absolute atomic E-state index is 0.444. The number of aryl methyl sites for hydroxylation is 1. The normalized spacial score (nSPS) is 10.3. The molecule has 0 radical (unpaired) electrons. The summed E-state index contributed by atoms with van der Waals surface area (Å²) >= 11 is 0. The van der Waals surface area contributed by atoms with Crippen LogP contribution in [-0.4, -0.2) is 31.1 Å². The van der Waals surface area contributed by atoms with Gasteiger partial charge in [0.1, 0.15) is 5.75 Å². The van der Waals surface area contributed by atoms with E-state index in [1.807, 2.05) is 12.1 Å². The van der Waals surface area contributed by atoms with Crippen molar-refractivity contribution in [1.82, 2.24) is 10.2 Å². The number of unbranched alkanes of at least 4 members (excludes halogenated alkanes) is 6. The number of carbonyl (C=O) groups excluding carboxylic acids is 2. The van der Waals surface area contributed by atoms with E-state index in [0.717, 1.165) is 11.3 Å². The van der Waals surface area contributed by atoms with E-state index in [2.05, 4.69) is 12.2 Å². The van der Waals surface area contributed by atoms with Crippen LogP contribution in [0.15, 0.2) is 24.3 Å². The highest BCUT2D eigenvalue weighted by Crippen LogP contribution is 2.16. The lowest BCUT2D eigenvalue weighted by atomic mass is 10.0. The van der Waals surface area contributed by atoms with Crippen molar-refractivity contribution in [3.63, 3.8) is 0 Å². The summed E-state index contributed by atoms with van der Waals surface area (Å²) in [5.41, 5.74) is 1.24. The van der Waals surface area contributed by atoms with Gasteiger partial charge in [0.05, 0.1) is 0 Å². The molecule has 0 aliphatic heterocycles. The Morgan fingerprint density at radius 3 is 2.17 bits per heavy atom. The van der Waals surface area contributed by atoms with Gasteiger partial charge in [0, 0.05) is 14.1 Å². The molecule has 0 fully saturated rings. The van der Waals surface area contributed by atoms with Gasteiger partial charge < -0.3 is 10.1 Å². The first-order chi connectivity index (χ1) is 11.6. The number of hydrogen-bond acceptors (Lipinski definition) is 3. The van der Waals surface area contributed by atoms with Crippen molar-refractivity contribution < 1.29 is 14.3 Å². The fourth-order valence-electron chi connectivity index (χ4n) is 2.43. The third-order valence-electron chi connectivity index (χ3n) is 3.99. The van der Waals surface area contributed by atoms with Gasteiger partial charge in [0.2, 0.25) is 0 Å². The van der Waals surface area contributed by atoms with E-state index in [1.165, 1.54) is 64.6 Å². The van der Waals surface area contributed by atoms with E-state index in [1.54, 1.807) is 12.1 Å². The van der Waals surface area contributed by atoms with Gasteiger partial charge in [-0.1, -0.05) is 57.6 Å². The van der Waals surface area contributed by atoms with Crippen molar-refractivity contribution in [2.24, 2.45) is 0 Å². The zero-order valence-corrected chi connectivity index (χ0v) is 15.1. The molecule has 1 aromatic rings. The van der Waals surface area contributed by atoms with Gasteiger partial charge >= 0.3 is 12.1 Å². The lowest BCUT2D eigenvalue weighted by Gasteiger charge is -2.14. The summed E-state index contributed by atoms with van der Waals surface area (Å²) in [6.45, 7) is 2.23. The van der Waals surface area contributed by atoms with Crippen molar-refractivity contribution >= 4 is 12.1 Å². The zero-order chi connectivity index (χ0) is 17.8. The lowest BCUT2D eigenvalue weighted by molar-refractivity contribution is 0.163. The van der Waals surface area contributed by atoms with Gasteiger partial charge in [-0.15, -0.1) is 0 Å². The van der Waals surface area contributed by atoms with Crippen LogP contribution in [0.5, 0.6) is 5.75 Å². The van der Waals surface area contributed by atoms with Crippen LogP contribution in [0.2, 0.25) is 0 Å². The molecule has 0 saturated carbocycles. The molecule has 5 nitrogen and oxygen atoms in total. The number of hydrogen-bond donors (Lipinski definition) is 1. The van der Waals surface area contributed by atoms with E-state index < -0.39 is 12.1 Å². The van der Waals surface area contributed by atoms with Crippen LogP contribution in [0.4, 0.5) is 9.59 Å². The van der Waals surface area contributed by atoms with Gasteiger partial charge in [0.15, 0.2) is 0 Å². The second kappa shape index (κ2) is 11.5. The molecule has 0 atom stereocenters. The molecule has 24 heavy (non-hydrogen) atoms. The van der Waals surface area contributed by atoms with Gasteiger partial charge in [-0.25, -0.2) is 14.5 Å². The summed E-state index contributed by atoms with van der Waals surface area (Å²) in [5, 5.41) is 2.37. The number of amides is 3. The maximum Gasteiger partial charge on any atom is 0.423 e. The molecule has 0 unspecified atom stereocenters. The number of rotatable bonds is 9. The molecule has 0 spiro atoms. The van der Waals surface area contributed by atoms with Gasteiger partial charge in [-0.3, -0.25) is 0 Å². The number of nitrogens with one attached hydrogen (secondary N) is 1. The largest absolute Gasteiger partial charge is 0.423 e. The highest BCUT2D eigenvalue weighted by molar-refractivity contribution is 5.91. The molecule has 0 bridgehead atoms. The first kappa shape index (κ1) is 20.0. The number of benzene rings is 1. The molecule has 1 N–H and O–H groups in total. The monoisotopic (exact) mass is 334 g/mol. The first-order valence-electron chi connectivity index (χ1n) is 8.84. The fraction of sp³-hybridized carbons (Fsp3) is 0.579. The summed E-state index contributed by atoms with van der Waals surface area (Å²) in [5.74, 6) is 0.444. The van der Waals surface area contributed by atoms with Crippen molar-refractivity contribution in [3.05, 3.63) is 29.8 Å². The molecular formula is C19H30N2O3. The second-order valence-corrected chi connectivity index (χ2v) is 6.00. The van der Waals surface area contributed by atoms with E-state index >= 15 is 0 Å². The Labute approximate surface area is 145 Å². The summed E-state index contributed by atoms with van der Waals surface area (Å²) in [6.07, 6.45) is 9.41. The van der Waals surface area contributed by atoms with Crippen LogP contribution >= 0.6 is 0 Å². The molecule has 3 amide bonds. The molecule has 5 heteroatoms. The third kappa shape index (κ3) is 7.49. The molecule has 1 aromatic carbocycles. The Morgan fingerprint density at radius 2 is 1.58 bits per heavy atom. The van der Waals surface area contributed by atoms with Crippen LogP contribution < -0.4 is 10.1 Å². The standard InChI is InChI=1S/C19H30N2O3/c1-4-5-6-7-8-9-10-11-16-12-14-17(15-13-16)24-19(23)21(3)18(22)20-2/h12-15H,4-11H2,1-3H3,(H,20,22). The highest BCUT2D eigenvalue weighted by atomic mass is 16.6. The van der Waals surface area contributed by atoms with Crippen molar-refractivity contribution in [2.75, 3.05) is 14.1 Å². The fourth-order valence-corrected chi connectivity index (χ4v) is 2.43. The Bertz CT molecular complexity index is 500. The average molecular weight is 334 g/mol. The quantitative estimate of drug-likeness (QED) is 0.663. The summed E-state index contributed by atoms with van der Waals surface area (Å²) in [7, 11) is 2.83. The predicted octanol–water partition coefficient (Wildman–Crippen LogP) is 4.75. The highest BCUT2D eigenvalue weighted by Gasteiger charge is 2.17. The first-order valence-corrected chi connectivity index (χ1v) is 8.84. The predicted molar refractivity (Wildman–Crippen MR) is 96.4 cm³/mol. The Balaban J connectivity index is 2.30. The van der Waals surface area contributed by atoms with Crippen LogP contribution in [0, 0.1) is 0 Å². The van der Waals surface area contributed by atoms with Crippen LogP contribution in [0.25, 0.3) is 0 Å². The van der Waals surface area contributed by atoms with Gasteiger partial charge in [0.25, 0.3) is 0 Å². The topological polar surface area (TPSA) is 58.6 Å². The van der Waals surface area contributed by atoms with Crippen LogP contribution in [0.1, 0.15) is 57.4 Å². The van der Waals surface area contributed by atoms with Crippen LogP contribution in [0.3, 0.4) is 0 Å². The summed E-state index contributed by atoms with van der Waals surface area (Å²) in [6, 6.07) is 6.98. The van der Waals surface area contributed by atoms with E-state index in [-0.39, 0.29) is 0 Å². The van der Waals surface area contributed by atoms with Gasteiger partial charge in [-0.2, -0.15) is 0 Å². The molecule has 0 saturated heterocycles. The third-order valence-corrected chi connectivity index (χ3v) is 3.99. The van der Waals surface area contributed by atoms with E-state index in [0.29, 0.717) is 5.75 Å². The van der Waals surface area contributed by atoms with Crippen LogP contribution in [-0.2, 0) is 6.42 Å². The van der Waals surface area contributed by atoms with Crippen molar-refractivity contribution in [3.8, 4) is 5.75 Å². The Kier molecular flexibility index (Phi) is 9.58. The molecule has 0 aliphatic carbocycles. The van der Waals surface area contributed by atoms with E-state index in [9.17, 15) is 9.59 Å². The Morgan fingerprint density at radius 1 is 1.00 bits per heavy atom. The number of ether oxygens (including phenoxy) is 1. The number of urea groups is 1. The number of nitrogens with zero attached hydrogens (tertiary/aromatic N) is 1. The molecule has 1 rings (SSSR count). The molecule has 0 aromatic heterocycles. The zero-order valence-electron chi connectivity index (χ0n) is 15.1. The minimum Gasteiger partial charge on any atom is -0.410 e. The average Bonchev–Trinajstić information content (AvgIpc) is 2.60. The summed E-state index contributed by atoms with van der Waals surface area (Å²) < 4.78 is 5.16. The lowest BCUT2D eigenvalue weighted by Crippen LogP contribution is -2.40. The Hall–Kier alpha value is -2.04. The molecule has 0 heterocycles. The molecule has 0 aliphatic rings. The number of imide groups is 1. The van der Waals surface area contributed by atoms with Crippen molar-refractivity contribution in [1.29, 1.82) is 0 Å². The number of carbonyl (C=O) groups is 2. The van der Waals surface area contributed by atoms with Gasteiger partial charge in [-0.05, 0) is 30.5 Å². The van der Waals surface area contributed by atoms with Crippen molar-refractivity contribution in [2.45, 2.75) is 58.3 Å². The maximum absolute atomic E-state index is 11.8.